The van der Waals surface area contributed by atoms with Crippen LogP contribution < -0.4 is 21.8 Å². The molecule has 0 bridgehead atoms. The van der Waals surface area contributed by atoms with Crippen LogP contribution in [0.15, 0.2) is 114 Å². The summed E-state index contributed by atoms with van der Waals surface area (Å²) < 4.78 is 12.5. The van der Waals surface area contributed by atoms with E-state index in [1.807, 2.05) is 89.2 Å². The van der Waals surface area contributed by atoms with Crippen molar-refractivity contribution in [2.45, 2.75) is 91.6 Å². The molecule has 0 saturated heterocycles. The summed E-state index contributed by atoms with van der Waals surface area (Å²) >= 11 is 16.8. The number of nitrogens with zero attached hydrogens (tertiary/aromatic N) is 2. The van der Waals surface area contributed by atoms with Gasteiger partial charge in [0.15, 0.2) is 0 Å². The van der Waals surface area contributed by atoms with E-state index in [1.165, 1.54) is 0 Å². The molecule has 2 heterocycles. The van der Waals surface area contributed by atoms with Gasteiger partial charge in [0.1, 0.15) is 21.5 Å². The third-order valence-corrected chi connectivity index (χ3v) is 9.27. The summed E-state index contributed by atoms with van der Waals surface area (Å²) in [5.74, 6) is 0. The number of alkyl carbamates (subject to hydrolysis) is 2. The quantitative estimate of drug-likeness (QED) is 0.0605. The summed E-state index contributed by atoms with van der Waals surface area (Å²) in [4.78, 5) is 31.1. The molecule has 0 unspecified atom stereocenters. The van der Waals surface area contributed by atoms with Gasteiger partial charge in [-0.2, -0.15) is 0 Å². The first-order valence-corrected chi connectivity index (χ1v) is 21.5. The summed E-state index contributed by atoms with van der Waals surface area (Å²) in [5.41, 5.74) is 10.3. The summed E-state index contributed by atoms with van der Waals surface area (Å²) in [6.45, 7) is 16.6. The van der Waals surface area contributed by atoms with Gasteiger partial charge in [-0.05, 0) is 155 Å². The predicted octanol–water partition coefficient (Wildman–Crippen LogP) is 10.7. The van der Waals surface area contributed by atoms with E-state index in [-0.39, 0.29) is 18.1 Å². The van der Waals surface area contributed by atoms with Crippen LogP contribution in [0.3, 0.4) is 0 Å². The fourth-order valence-corrected chi connectivity index (χ4v) is 5.77. The molecule has 0 aliphatic rings. The Morgan fingerprint density at radius 1 is 0.700 bits per heavy atom. The SMILES string of the molecule is C[C@H](N)c1cccc(-c2ccc(Cl)nc2)c1.C[C@H](NC(=O)OC(C)(C)C)c1cccc(B(O)O)c1.C[C@H](NC(=O)OC(C)(C)C)c1cccc(Br)c1.Clc1ccc(I)cn1. The maximum absolute atomic E-state index is 11.6. The second kappa shape index (κ2) is 25.2. The van der Waals surface area contributed by atoms with E-state index in [0.717, 1.165) is 35.9 Å². The first kappa shape index (κ1) is 52.4. The number of aromatic nitrogens is 2. The average molecular weight is 1040 g/mol. The minimum atomic E-state index is -1.52. The van der Waals surface area contributed by atoms with Gasteiger partial charge in [-0.25, -0.2) is 19.6 Å². The highest BCUT2D eigenvalue weighted by molar-refractivity contribution is 14.1. The minimum absolute atomic E-state index is 0.0419. The van der Waals surface area contributed by atoms with Crippen LogP contribution in [0, 0.1) is 3.57 Å². The van der Waals surface area contributed by atoms with Gasteiger partial charge < -0.3 is 35.9 Å². The molecule has 5 rings (SSSR count). The zero-order chi connectivity index (χ0) is 45.2. The van der Waals surface area contributed by atoms with Gasteiger partial charge in [-0.1, -0.05) is 93.7 Å². The lowest BCUT2D eigenvalue weighted by molar-refractivity contribution is 0.0496. The number of carbonyl (C=O) groups is 2. The lowest BCUT2D eigenvalue weighted by Gasteiger charge is -2.22. The third-order valence-electron chi connectivity index (χ3n) is 7.69. The number of amides is 2. The number of ether oxygens (including phenoxy) is 2. The van der Waals surface area contributed by atoms with E-state index in [1.54, 1.807) is 76.5 Å². The molecule has 5 aromatic rings. The molecule has 60 heavy (non-hydrogen) atoms. The van der Waals surface area contributed by atoms with E-state index >= 15 is 0 Å². The lowest BCUT2D eigenvalue weighted by Crippen LogP contribution is -2.35. The smallest absolute Gasteiger partial charge is 0.444 e. The number of nitrogens with one attached hydrogen (secondary N) is 2. The molecular weight excluding hydrogens is 983 g/mol. The third kappa shape index (κ3) is 21.7. The molecule has 16 heteroatoms. The van der Waals surface area contributed by atoms with Gasteiger partial charge >= 0.3 is 19.3 Å². The number of halogens is 4. The Labute approximate surface area is 386 Å². The van der Waals surface area contributed by atoms with Crippen LogP contribution in [0.2, 0.25) is 10.3 Å². The molecule has 322 valence electrons. The molecule has 0 fully saturated rings. The fraction of sp³-hybridized carbons (Fsp3) is 0.318. The summed E-state index contributed by atoms with van der Waals surface area (Å²) in [6.07, 6.45) is 2.59. The van der Waals surface area contributed by atoms with Crippen LogP contribution in [0.5, 0.6) is 0 Å². The van der Waals surface area contributed by atoms with E-state index in [0.29, 0.717) is 15.8 Å². The van der Waals surface area contributed by atoms with Crippen molar-refractivity contribution in [3.8, 4) is 11.1 Å². The van der Waals surface area contributed by atoms with Crippen molar-refractivity contribution in [3.05, 3.63) is 144 Å². The highest BCUT2D eigenvalue weighted by Gasteiger charge is 2.20. The molecule has 2 amide bonds. The molecule has 11 nitrogen and oxygen atoms in total. The van der Waals surface area contributed by atoms with Gasteiger partial charge in [0.25, 0.3) is 0 Å². The minimum Gasteiger partial charge on any atom is -0.444 e. The maximum Gasteiger partial charge on any atom is 0.488 e. The predicted molar refractivity (Wildman–Crippen MR) is 255 cm³/mol. The number of carbonyl (C=O) groups excluding carboxylic acids is 2. The summed E-state index contributed by atoms with van der Waals surface area (Å²) in [7, 11) is -1.52. The number of benzene rings is 3. The molecule has 0 aliphatic carbocycles. The van der Waals surface area contributed by atoms with Crippen LogP contribution >= 0.6 is 61.7 Å². The van der Waals surface area contributed by atoms with Crippen molar-refractivity contribution >= 4 is 86.5 Å². The lowest BCUT2D eigenvalue weighted by atomic mass is 9.79. The monoisotopic (exact) mass is 1040 g/mol. The zero-order valence-corrected chi connectivity index (χ0v) is 40.5. The zero-order valence-electron chi connectivity index (χ0n) is 35.2. The van der Waals surface area contributed by atoms with Gasteiger partial charge in [-0.15, -0.1) is 0 Å². The second-order valence-corrected chi connectivity index (χ2v) is 18.4. The standard InChI is InChI=1S/C13H20BNO4.C13H18BrNO2.C13H13ClN2.C5H3ClIN/c1-9(15-12(16)19-13(2,3)4)10-6-5-7-11(8-10)14(17)18;1-9(10-6-5-7-11(14)8-10)15-12(16)17-13(2,3)4;1-9(15)10-3-2-4-11(7-10)12-5-6-13(14)16-8-12;6-5-2-1-4(7)3-8-5/h5-9,17-18H,1-4H3,(H,15,16);5-9H,1-4H3,(H,15,16);2-9H,15H2,1H3;1-3H/t3*9-;/m000./s1. The number of hydrogen-bond acceptors (Lipinski definition) is 9. The Morgan fingerprint density at radius 3 is 1.62 bits per heavy atom. The van der Waals surface area contributed by atoms with Gasteiger partial charge in [0.2, 0.25) is 0 Å². The topological polar surface area (TPSA) is 169 Å². The Morgan fingerprint density at radius 2 is 1.18 bits per heavy atom. The summed E-state index contributed by atoms with van der Waals surface area (Å²) in [5, 5.41) is 24.8. The van der Waals surface area contributed by atoms with Gasteiger partial charge in [0, 0.05) is 32.0 Å². The van der Waals surface area contributed by atoms with Crippen LogP contribution in [0.25, 0.3) is 11.1 Å². The first-order valence-electron chi connectivity index (χ1n) is 18.9. The Balaban J connectivity index is 0.000000284. The highest BCUT2D eigenvalue weighted by Crippen LogP contribution is 2.23. The van der Waals surface area contributed by atoms with Crippen molar-refractivity contribution in [1.82, 2.24) is 20.6 Å². The molecule has 0 saturated carbocycles. The number of nitrogens with two attached hydrogens (primary N) is 1. The van der Waals surface area contributed by atoms with Crippen LogP contribution in [0.1, 0.15) is 97.1 Å². The molecule has 0 aliphatic heterocycles. The van der Waals surface area contributed by atoms with E-state index in [4.69, 9.17) is 48.5 Å². The van der Waals surface area contributed by atoms with Crippen molar-refractivity contribution in [3.63, 3.8) is 0 Å². The number of hydrogen-bond donors (Lipinski definition) is 5. The van der Waals surface area contributed by atoms with Crippen LogP contribution in [0.4, 0.5) is 9.59 Å². The Kier molecular flexibility index (Phi) is 22.0. The molecule has 0 spiro atoms. The molecule has 2 aromatic heterocycles. The fourth-order valence-electron chi connectivity index (χ4n) is 4.81. The molecule has 6 N–H and O–H groups in total. The first-order chi connectivity index (χ1) is 27.9. The molecular formula is C44H54BBrCl2IN5O6. The largest absolute Gasteiger partial charge is 0.488 e. The average Bonchev–Trinajstić information content (AvgIpc) is 3.15. The van der Waals surface area contributed by atoms with Crippen molar-refractivity contribution in [2.24, 2.45) is 5.73 Å². The maximum atomic E-state index is 11.6. The highest BCUT2D eigenvalue weighted by atomic mass is 127. The molecule has 0 radical (unpaired) electrons. The summed E-state index contributed by atoms with van der Waals surface area (Å²) in [6, 6.07) is 29.8. The van der Waals surface area contributed by atoms with Crippen molar-refractivity contribution < 1.29 is 29.1 Å². The number of pyridine rings is 2. The van der Waals surface area contributed by atoms with Crippen LogP contribution in [-0.2, 0) is 9.47 Å². The Bertz CT molecular complexity index is 2060. The van der Waals surface area contributed by atoms with Crippen molar-refractivity contribution in [1.29, 1.82) is 0 Å². The van der Waals surface area contributed by atoms with E-state index < -0.39 is 30.5 Å². The van der Waals surface area contributed by atoms with E-state index in [2.05, 4.69) is 65.2 Å². The number of rotatable bonds is 7. The normalized spacial score (nSPS) is 12.3. The van der Waals surface area contributed by atoms with Crippen LogP contribution in [-0.4, -0.2) is 50.5 Å². The Hall–Kier alpha value is -3.77. The van der Waals surface area contributed by atoms with E-state index in [9.17, 15) is 9.59 Å². The van der Waals surface area contributed by atoms with Gasteiger partial charge in [0.05, 0.1) is 12.1 Å². The van der Waals surface area contributed by atoms with Gasteiger partial charge in [-0.3, -0.25) is 0 Å². The van der Waals surface area contributed by atoms with Crippen molar-refractivity contribution in [2.75, 3.05) is 0 Å². The second-order valence-electron chi connectivity index (χ2n) is 15.4. The molecule has 3 atom stereocenters. The molecule has 3 aromatic carbocycles.